The van der Waals surface area contributed by atoms with Crippen molar-refractivity contribution in [2.75, 3.05) is 0 Å². The van der Waals surface area contributed by atoms with E-state index in [-0.39, 0.29) is 22.2 Å². The molecule has 0 radical (unpaired) electrons. The molecule has 33 heavy (non-hydrogen) atoms. The Morgan fingerprint density at radius 1 is 1.03 bits per heavy atom. The van der Waals surface area contributed by atoms with E-state index in [9.17, 15) is 18.0 Å². The maximum absolute atomic E-state index is 13.2. The van der Waals surface area contributed by atoms with E-state index >= 15 is 0 Å². The molecule has 1 aromatic heterocycles. The Morgan fingerprint density at radius 2 is 1.70 bits per heavy atom. The van der Waals surface area contributed by atoms with Crippen molar-refractivity contribution in [1.82, 2.24) is 4.72 Å². The molecule has 0 aliphatic heterocycles. The Kier molecular flexibility index (Phi) is 6.16. The lowest BCUT2D eigenvalue weighted by atomic mass is 10.0. The maximum Gasteiger partial charge on any atom is 0.339 e. The summed E-state index contributed by atoms with van der Waals surface area (Å²) in [7, 11) is -3.94. The quantitative estimate of drug-likeness (QED) is 0.335. The zero-order valence-electron chi connectivity index (χ0n) is 19.1. The van der Waals surface area contributed by atoms with Crippen LogP contribution in [0, 0.1) is 19.8 Å². The number of esters is 1. The monoisotopic (exact) mass is 469 g/mol. The highest BCUT2D eigenvalue weighted by molar-refractivity contribution is 7.89. The molecule has 0 amide bonds. The summed E-state index contributed by atoms with van der Waals surface area (Å²) in [4.78, 5) is 25.6. The second-order valence-corrected chi connectivity index (χ2v) is 10.6. The Morgan fingerprint density at radius 3 is 2.36 bits per heavy atom. The van der Waals surface area contributed by atoms with E-state index in [2.05, 4.69) is 4.72 Å². The molecule has 1 heterocycles. The summed E-state index contributed by atoms with van der Waals surface area (Å²) in [6.45, 7) is 7.16. The Bertz CT molecular complexity index is 1390. The van der Waals surface area contributed by atoms with Crippen molar-refractivity contribution in [2.24, 2.45) is 5.92 Å². The van der Waals surface area contributed by atoms with Gasteiger partial charge in [-0.3, -0.25) is 0 Å². The molecule has 0 fully saturated rings. The first-order chi connectivity index (χ1) is 15.6. The summed E-state index contributed by atoms with van der Waals surface area (Å²) in [5.74, 6) is -0.805. The van der Waals surface area contributed by atoms with Gasteiger partial charge in [0, 0.05) is 5.56 Å². The molecule has 3 aromatic rings. The van der Waals surface area contributed by atoms with Crippen LogP contribution in [-0.2, 0) is 27.7 Å². The fourth-order valence-corrected chi connectivity index (χ4v) is 5.50. The molecule has 1 aliphatic rings. The molecular formula is C25H27NO6S. The van der Waals surface area contributed by atoms with E-state index in [1.165, 1.54) is 12.1 Å². The number of sulfonamides is 1. The summed E-state index contributed by atoms with van der Waals surface area (Å²) in [6.07, 6.45) is 2.14. The van der Waals surface area contributed by atoms with Crippen molar-refractivity contribution in [3.63, 3.8) is 0 Å². The summed E-state index contributed by atoms with van der Waals surface area (Å²) in [5, 5.41) is 0.602. The number of hydrogen-bond acceptors (Lipinski definition) is 6. The topological polar surface area (TPSA) is 103 Å². The first kappa shape index (κ1) is 23.2. The fourth-order valence-electron chi connectivity index (χ4n) is 4.17. The van der Waals surface area contributed by atoms with Gasteiger partial charge in [0.2, 0.25) is 10.0 Å². The van der Waals surface area contributed by atoms with Crippen LogP contribution in [0.3, 0.4) is 0 Å². The number of aryl methyl sites for hydroxylation is 3. The Labute approximate surface area is 192 Å². The van der Waals surface area contributed by atoms with E-state index < -0.39 is 22.0 Å². The molecule has 4 rings (SSSR count). The highest BCUT2D eigenvalue weighted by Gasteiger charge is 2.31. The minimum Gasteiger partial charge on any atom is -0.425 e. The number of carbonyl (C=O) groups is 1. The van der Waals surface area contributed by atoms with Crippen LogP contribution in [0.25, 0.3) is 11.0 Å². The predicted octanol–water partition coefficient (Wildman–Crippen LogP) is 3.81. The van der Waals surface area contributed by atoms with Gasteiger partial charge in [0.05, 0.1) is 10.3 Å². The number of ether oxygens (including phenoxy) is 1. The normalized spacial score (nSPS) is 14.5. The van der Waals surface area contributed by atoms with Crippen LogP contribution in [0.15, 0.2) is 50.5 Å². The van der Waals surface area contributed by atoms with Crippen LogP contribution >= 0.6 is 0 Å². The van der Waals surface area contributed by atoms with Gasteiger partial charge in [-0.05, 0) is 74.4 Å². The number of hydrogen-bond donors (Lipinski definition) is 1. The predicted molar refractivity (Wildman–Crippen MR) is 125 cm³/mol. The SMILES string of the molecule is Cc1ccc(S(=O)(=O)NC(C(=O)Oc2cc(C)cc3oc(=O)c4c(c23)CCC4)C(C)C)cc1. The van der Waals surface area contributed by atoms with Gasteiger partial charge in [-0.25, -0.2) is 18.0 Å². The highest BCUT2D eigenvalue weighted by Crippen LogP contribution is 2.35. The minimum atomic E-state index is -3.94. The number of fused-ring (bicyclic) bond motifs is 3. The Hall–Kier alpha value is -2.97. The number of rotatable bonds is 6. The smallest absolute Gasteiger partial charge is 0.339 e. The molecule has 8 heteroatoms. The van der Waals surface area contributed by atoms with E-state index in [1.807, 2.05) is 13.8 Å². The van der Waals surface area contributed by atoms with E-state index in [0.717, 1.165) is 23.1 Å². The molecule has 1 N–H and O–H groups in total. The molecule has 1 unspecified atom stereocenters. The van der Waals surface area contributed by atoms with Crippen LogP contribution in [0.2, 0.25) is 0 Å². The first-order valence-electron chi connectivity index (χ1n) is 11.0. The van der Waals surface area contributed by atoms with Crippen LogP contribution < -0.4 is 15.1 Å². The summed E-state index contributed by atoms with van der Waals surface area (Å²) >= 11 is 0. The molecule has 174 valence electrons. The second kappa shape index (κ2) is 8.76. The van der Waals surface area contributed by atoms with Crippen LogP contribution in [0.4, 0.5) is 0 Å². The molecule has 0 saturated carbocycles. The van der Waals surface area contributed by atoms with Crippen molar-refractivity contribution < 1.29 is 22.4 Å². The second-order valence-electron chi connectivity index (χ2n) is 8.91. The summed E-state index contributed by atoms with van der Waals surface area (Å²) < 4.78 is 39.6. The maximum atomic E-state index is 13.2. The summed E-state index contributed by atoms with van der Waals surface area (Å²) in [5.41, 5.74) is 3.15. The number of nitrogens with one attached hydrogen (secondary N) is 1. The van der Waals surface area contributed by atoms with Crippen molar-refractivity contribution in [2.45, 2.75) is 57.9 Å². The lowest BCUT2D eigenvalue weighted by Gasteiger charge is -2.21. The van der Waals surface area contributed by atoms with Gasteiger partial charge in [-0.1, -0.05) is 31.5 Å². The molecule has 0 spiro atoms. The van der Waals surface area contributed by atoms with Gasteiger partial charge < -0.3 is 9.15 Å². The third kappa shape index (κ3) is 4.58. The molecule has 1 aliphatic carbocycles. The number of carbonyl (C=O) groups excluding carboxylic acids is 1. The van der Waals surface area contributed by atoms with Gasteiger partial charge in [0.1, 0.15) is 17.4 Å². The molecule has 2 aromatic carbocycles. The zero-order chi connectivity index (χ0) is 23.9. The molecule has 0 saturated heterocycles. The fraction of sp³-hybridized carbons (Fsp3) is 0.360. The van der Waals surface area contributed by atoms with Crippen LogP contribution in [-0.4, -0.2) is 20.4 Å². The van der Waals surface area contributed by atoms with E-state index in [0.29, 0.717) is 29.4 Å². The average molecular weight is 470 g/mol. The molecule has 0 bridgehead atoms. The lowest BCUT2D eigenvalue weighted by Crippen LogP contribution is -2.46. The third-order valence-corrected chi connectivity index (χ3v) is 7.38. The first-order valence-corrected chi connectivity index (χ1v) is 12.4. The average Bonchev–Trinajstić information content (AvgIpc) is 3.22. The van der Waals surface area contributed by atoms with Crippen LogP contribution in [0.1, 0.15) is 42.5 Å². The van der Waals surface area contributed by atoms with Gasteiger partial charge in [0.25, 0.3) is 0 Å². The standard InChI is InChI=1S/C25H27NO6S/c1-14(2)23(26-33(29,30)17-10-8-15(3)9-11-17)25(28)32-21-13-16(4)12-20-22(21)18-6-5-7-19(18)24(27)31-20/h8-14,23,26H,5-7H2,1-4H3. The van der Waals surface area contributed by atoms with E-state index in [1.54, 1.807) is 38.1 Å². The van der Waals surface area contributed by atoms with E-state index in [4.69, 9.17) is 9.15 Å². The minimum absolute atomic E-state index is 0.0761. The Balaban J connectivity index is 1.69. The van der Waals surface area contributed by atoms with Crippen molar-refractivity contribution >= 4 is 27.0 Å². The lowest BCUT2D eigenvalue weighted by molar-refractivity contribution is -0.137. The largest absolute Gasteiger partial charge is 0.425 e. The van der Waals surface area contributed by atoms with Crippen molar-refractivity contribution in [1.29, 1.82) is 0 Å². The van der Waals surface area contributed by atoms with Gasteiger partial charge >= 0.3 is 11.6 Å². The van der Waals surface area contributed by atoms with Gasteiger partial charge in [-0.15, -0.1) is 0 Å². The van der Waals surface area contributed by atoms with Crippen molar-refractivity contribution in [3.8, 4) is 5.75 Å². The molecule has 1 atom stereocenters. The van der Waals surface area contributed by atoms with Crippen molar-refractivity contribution in [3.05, 3.63) is 69.1 Å². The van der Waals surface area contributed by atoms with Gasteiger partial charge in [-0.2, -0.15) is 4.72 Å². The highest BCUT2D eigenvalue weighted by atomic mass is 32.2. The zero-order valence-corrected chi connectivity index (χ0v) is 19.9. The third-order valence-electron chi connectivity index (χ3n) is 5.92. The van der Waals surface area contributed by atoms with Gasteiger partial charge in [0.15, 0.2) is 0 Å². The molecule has 7 nitrogen and oxygen atoms in total. The number of benzene rings is 2. The molecular weight excluding hydrogens is 442 g/mol. The van der Waals surface area contributed by atoms with Crippen LogP contribution in [0.5, 0.6) is 5.75 Å². The summed E-state index contributed by atoms with van der Waals surface area (Å²) in [6, 6.07) is 8.75.